The second-order valence-corrected chi connectivity index (χ2v) is 4.54. The summed E-state index contributed by atoms with van der Waals surface area (Å²) in [4.78, 5) is 0. The largest absolute Gasteiger partial charge is 0.383 e. The molecule has 1 aromatic heterocycles. The highest BCUT2D eigenvalue weighted by Crippen LogP contribution is 2.10. The fraction of sp³-hybridized carbons (Fsp3) is 0.786. The van der Waals surface area contributed by atoms with Crippen LogP contribution in [0.1, 0.15) is 38.6 Å². The fourth-order valence-corrected chi connectivity index (χ4v) is 2.22. The van der Waals surface area contributed by atoms with Crippen LogP contribution < -0.4 is 5.32 Å². The van der Waals surface area contributed by atoms with E-state index < -0.39 is 0 Å². The quantitative estimate of drug-likeness (QED) is 0.732. The summed E-state index contributed by atoms with van der Waals surface area (Å²) in [5.41, 5.74) is 2.53. The van der Waals surface area contributed by atoms with Gasteiger partial charge in [-0.1, -0.05) is 13.8 Å². The molecule has 4 nitrogen and oxygen atoms in total. The van der Waals surface area contributed by atoms with Crippen LogP contribution in [0, 0.1) is 0 Å². The summed E-state index contributed by atoms with van der Waals surface area (Å²) >= 11 is 0. The molecule has 0 fully saturated rings. The molecule has 0 radical (unpaired) electrons. The lowest BCUT2D eigenvalue weighted by molar-refractivity contribution is 0.163. The first-order valence-electron chi connectivity index (χ1n) is 7.02. The predicted octanol–water partition coefficient (Wildman–Crippen LogP) is 2.02. The van der Waals surface area contributed by atoms with E-state index in [9.17, 15) is 0 Å². The average Bonchev–Trinajstić information content (AvgIpc) is 2.79. The Kier molecular flexibility index (Phi) is 6.98. The highest BCUT2D eigenvalue weighted by molar-refractivity contribution is 5.10. The Hall–Kier alpha value is -0.870. The predicted molar refractivity (Wildman–Crippen MR) is 74.9 cm³/mol. The Morgan fingerprint density at radius 3 is 2.72 bits per heavy atom. The molecule has 0 spiro atoms. The van der Waals surface area contributed by atoms with Gasteiger partial charge in [-0.25, -0.2) is 0 Å². The van der Waals surface area contributed by atoms with E-state index in [1.54, 1.807) is 7.11 Å². The van der Waals surface area contributed by atoms with Gasteiger partial charge in [0.05, 0.1) is 12.3 Å². The van der Waals surface area contributed by atoms with Gasteiger partial charge in [-0.3, -0.25) is 4.68 Å². The van der Waals surface area contributed by atoms with Crippen molar-refractivity contribution in [2.45, 2.75) is 52.6 Å². The van der Waals surface area contributed by atoms with Gasteiger partial charge in [0.2, 0.25) is 0 Å². The van der Waals surface area contributed by atoms with Gasteiger partial charge in [-0.2, -0.15) is 5.10 Å². The molecular formula is C14H27N3O. The Labute approximate surface area is 111 Å². The fourth-order valence-electron chi connectivity index (χ4n) is 2.22. The molecule has 1 unspecified atom stereocenters. The van der Waals surface area contributed by atoms with Gasteiger partial charge in [0.25, 0.3) is 0 Å². The van der Waals surface area contributed by atoms with E-state index >= 15 is 0 Å². The molecule has 0 amide bonds. The molecule has 0 saturated heterocycles. The smallest absolute Gasteiger partial charge is 0.0624 e. The van der Waals surface area contributed by atoms with Crippen molar-refractivity contribution in [3.8, 4) is 0 Å². The molecule has 1 heterocycles. The second-order valence-electron chi connectivity index (χ2n) is 4.54. The van der Waals surface area contributed by atoms with Gasteiger partial charge in [-0.15, -0.1) is 0 Å². The molecule has 1 aromatic rings. The van der Waals surface area contributed by atoms with Crippen LogP contribution in [0.25, 0.3) is 0 Å². The van der Waals surface area contributed by atoms with E-state index in [0.717, 1.165) is 39.0 Å². The highest BCUT2D eigenvalue weighted by Gasteiger charge is 2.10. The van der Waals surface area contributed by atoms with E-state index in [4.69, 9.17) is 4.74 Å². The SMILES string of the molecule is CCNC(CCc1cc(CC)nn1CC)COC. The Balaban J connectivity index is 2.57. The molecule has 0 aliphatic rings. The maximum Gasteiger partial charge on any atom is 0.0624 e. The molecule has 0 bridgehead atoms. The van der Waals surface area contributed by atoms with Crippen LogP contribution in [-0.2, 0) is 24.1 Å². The molecule has 0 aliphatic carbocycles. The van der Waals surface area contributed by atoms with Crippen molar-refractivity contribution in [1.82, 2.24) is 15.1 Å². The summed E-state index contributed by atoms with van der Waals surface area (Å²) < 4.78 is 7.36. The van der Waals surface area contributed by atoms with Gasteiger partial charge in [0.1, 0.15) is 0 Å². The van der Waals surface area contributed by atoms with Crippen LogP contribution in [0.15, 0.2) is 6.07 Å². The maximum absolute atomic E-state index is 5.24. The first-order valence-corrected chi connectivity index (χ1v) is 7.02. The monoisotopic (exact) mass is 253 g/mol. The molecule has 18 heavy (non-hydrogen) atoms. The second kappa shape index (κ2) is 8.27. The summed E-state index contributed by atoms with van der Waals surface area (Å²) in [5.74, 6) is 0. The summed E-state index contributed by atoms with van der Waals surface area (Å²) in [5, 5.41) is 8.04. The number of hydrogen-bond acceptors (Lipinski definition) is 3. The van der Waals surface area contributed by atoms with Crippen molar-refractivity contribution in [2.24, 2.45) is 0 Å². The van der Waals surface area contributed by atoms with Crippen LogP contribution in [0.5, 0.6) is 0 Å². The third kappa shape index (κ3) is 4.42. The average molecular weight is 253 g/mol. The minimum atomic E-state index is 0.435. The number of nitrogens with one attached hydrogen (secondary N) is 1. The number of aromatic nitrogens is 2. The maximum atomic E-state index is 5.24. The van der Waals surface area contributed by atoms with E-state index in [1.807, 2.05) is 0 Å². The lowest BCUT2D eigenvalue weighted by atomic mass is 10.1. The van der Waals surface area contributed by atoms with Crippen molar-refractivity contribution >= 4 is 0 Å². The van der Waals surface area contributed by atoms with E-state index in [-0.39, 0.29) is 0 Å². The number of ether oxygens (including phenoxy) is 1. The van der Waals surface area contributed by atoms with Crippen molar-refractivity contribution in [1.29, 1.82) is 0 Å². The van der Waals surface area contributed by atoms with Gasteiger partial charge in [0.15, 0.2) is 0 Å². The standard InChI is InChI=1S/C14H27N3O/c1-5-12-10-14(17(7-3)16-12)9-8-13(11-18-4)15-6-2/h10,13,15H,5-9,11H2,1-4H3. The Morgan fingerprint density at radius 1 is 1.39 bits per heavy atom. The van der Waals surface area contributed by atoms with Gasteiger partial charge in [0, 0.05) is 25.4 Å². The first kappa shape index (κ1) is 15.2. The molecule has 104 valence electrons. The summed E-state index contributed by atoms with van der Waals surface area (Å²) in [6.07, 6.45) is 3.16. The molecule has 1 rings (SSSR count). The van der Waals surface area contributed by atoms with Gasteiger partial charge >= 0.3 is 0 Å². The normalized spacial score (nSPS) is 12.9. The molecule has 0 aliphatic heterocycles. The third-order valence-corrected chi connectivity index (χ3v) is 3.19. The van der Waals surface area contributed by atoms with E-state index in [2.05, 4.69) is 41.9 Å². The van der Waals surface area contributed by atoms with Gasteiger partial charge in [-0.05, 0) is 38.8 Å². The first-order chi connectivity index (χ1) is 8.74. The summed E-state index contributed by atoms with van der Waals surface area (Å²) in [7, 11) is 1.76. The molecule has 0 saturated carbocycles. The van der Waals surface area contributed by atoms with Crippen LogP contribution in [-0.4, -0.2) is 36.1 Å². The van der Waals surface area contributed by atoms with Crippen LogP contribution in [0.3, 0.4) is 0 Å². The van der Waals surface area contributed by atoms with Crippen molar-refractivity contribution in [3.05, 3.63) is 17.5 Å². The van der Waals surface area contributed by atoms with Crippen molar-refractivity contribution in [3.63, 3.8) is 0 Å². The lowest BCUT2D eigenvalue weighted by Crippen LogP contribution is -2.33. The molecule has 0 aromatic carbocycles. The number of nitrogens with zero attached hydrogens (tertiary/aromatic N) is 2. The zero-order valence-electron chi connectivity index (χ0n) is 12.2. The molecular weight excluding hydrogens is 226 g/mol. The molecule has 1 N–H and O–H groups in total. The molecule has 1 atom stereocenters. The van der Waals surface area contributed by atoms with E-state index in [1.165, 1.54) is 11.4 Å². The highest BCUT2D eigenvalue weighted by atomic mass is 16.5. The van der Waals surface area contributed by atoms with Crippen LogP contribution in [0.2, 0.25) is 0 Å². The van der Waals surface area contributed by atoms with E-state index in [0.29, 0.717) is 6.04 Å². The number of hydrogen-bond donors (Lipinski definition) is 1. The Morgan fingerprint density at radius 2 is 2.17 bits per heavy atom. The minimum Gasteiger partial charge on any atom is -0.383 e. The lowest BCUT2D eigenvalue weighted by Gasteiger charge is -2.16. The summed E-state index contributed by atoms with van der Waals surface area (Å²) in [6.45, 7) is 9.14. The van der Waals surface area contributed by atoms with Crippen molar-refractivity contribution in [2.75, 3.05) is 20.3 Å². The molecule has 4 heteroatoms. The number of methoxy groups -OCH3 is 1. The number of rotatable bonds is 9. The zero-order chi connectivity index (χ0) is 13.4. The van der Waals surface area contributed by atoms with Crippen LogP contribution in [0.4, 0.5) is 0 Å². The minimum absolute atomic E-state index is 0.435. The topological polar surface area (TPSA) is 39.1 Å². The van der Waals surface area contributed by atoms with Gasteiger partial charge < -0.3 is 10.1 Å². The number of likely N-dealkylation sites (N-methyl/N-ethyl adjacent to an activating group) is 1. The number of aryl methyl sites for hydroxylation is 3. The van der Waals surface area contributed by atoms with Crippen molar-refractivity contribution < 1.29 is 4.74 Å². The summed E-state index contributed by atoms with van der Waals surface area (Å²) in [6, 6.07) is 2.67. The third-order valence-electron chi connectivity index (χ3n) is 3.19. The Bertz CT molecular complexity index is 330. The zero-order valence-corrected chi connectivity index (χ0v) is 12.2. The van der Waals surface area contributed by atoms with Crippen LogP contribution >= 0.6 is 0 Å².